The fraction of sp³-hybridized carbons (Fsp3) is 0.423. The Labute approximate surface area is 202 Å². The Morgan fingerprint density at radius 3 is 2.69 bits per heavy atom. The van der Waals surface area contributed by atoms with E-state index in [1.165, 1.54) is 22.6 Å². The molecule has 0 bridgehead atoms. The molecule has 3 fully saturated rings. The lowest BCUT2D eigenvalue weighted by Gasteiger charge is -2.28. The summed E-state index contributed by atoms with van der Waals surface area (Å²) in [5, 5.41) is 17.3. The Balaban J connectivity index is 1.15. The van der Waals surface area contributed by atoms with Gasteiger partial charge in [-0.25, -0.2) is 4.79 Å². The van der Waals surface area contributed by atoms with Crippen molar-refractivity contribution in [2.24, 2.45) is 5.92 Å². The average Bonchev–Trinajstić information content (AvgIpc) is 3.20. The molecule has 2 aromatic heterocycles. The number of hydrogen-bond donors (Lipinski definition) is 2. The topological polar surface area (TPSA) is 117 Å². The van der Waals surface area contributed by atoms with Crippen LogP contribution in [0.4, 0.5) is 0 Å². The summed E-state index contributed by atoms with van der Waals surface area (Å²) in [5.41, 5.74) is 1.69. The van der Waals surface area contributed by atoms with Crippen molar-refractivity contribution in [3.8, 4) is 0 Å². The molecule has 2 amide bonds. The van der Waals surface area contributed by atoms with Gasteiger partial charge in [0, 0.05) is 23.7 Å². The summed E-state index contributed by atoms with van der Waals surface area (Å²) in [4.78, 5) is 44.0. The van der Waals surface area contributed by atoms with E-state index < -0.39 is 12.0 Å². The maximum absolute atomic E-state index is 13.4. The molecule has 2 N–H and O–H groups in total. The molecule has 5 atom stereocenters. The van der Waals surface area contributed by atoms with Crippen molar-refractivity contribution >= 4 is 28.7 Å². The fourth-order valence-corrected chi connectivity index (χ4v) is 6.00. The molecule has 35 heavy (non-hydrogen) atoms. The number of benzene rings is 1. The van der Waals surface area contributed by atoms with Crippen LogP contribution < -0.4 is 5.32 Å². The second kappa shape index (κ2) is 8.48. The van der Waals surface area contributed by atoms with Gasteiger partial charge in [0.05, 0.1) is 11.7 Å². The molecular formula is C26H27N5O4. The number of aromatic nitrogens is 3. The van der Waals surface area contributed by atoms with Gasteiger partial charge < -0.3 is 15.3 Å². The average molecular weight is 474 g/mol. The Morgan fingerprint density at radius 1 is 1.06 bits per heavy atom. The van der Waals surface area contributed by atoms with E-state index in [0.29, 0.717) is 29.2 Å². The molecule has 0 radical (unpaired) electrons. The summed E-state index contributed by atoms with van der Waals surface area (Å²) < 4.78 is 1.39. The van der Waals surface area contributed by atoms with Crippen LogP contribution in [0, 0.1) is 5.92 Å². The summed E-state index contributed by atoms with van der Waals surface area (Å²) in [5.74, 6) is -0.642. The summed E-state index contributed by atoms with van der Waals surface area (Å²) in [6.45, 7) is -0.123. The Bertz CT molecular complexity index is 1310. The predicted molar refractivity (Wildman–Crippen MR) is 127 cm³/mol. The number of nitrogens with zero attached hydrogens (tertiary/aromatic N) is 4. The molecule has 9 nitrogen and oxygen atoms in total. The molecule has 180 valence electrons. The molecule has 9 heteroatoms. The number of carbonyl (C=O) groups excluding carboxylic acids is 2. The fourth-order valence-electron chi connectivity index (χ4n) is 6.00. The van der Waals surface area contributed by atoms with Gasteiger partial charge in [0.15, 0.2) is 5.69 Å². The van der Waals surface area contributed by atoms with E-state index in [2.05, 4.69) is 27.5 Å². The number of pyridine rings is 1. The minimum absolute atomic E-state index is 0.0810. The molecule has 6 rings (SSSR count). The van der Waals surface area contributed by atoms with Crippen LogP contribution in [-0.4, -0.2) is 60.7 Å². The number of carboxylic acids is 1. The predicted octanol–water partition coefficient (Wildman–Crippen LogP) is 2.57. The third kappa shape index (κ3) is 3.94. The minimum atomic E-state index is -1.15. The van der Waals surface area contributed by atoms with Gasteiger partial charge in [-0.05, 0) is 55.6 Å². The molecule has 1 saturated heterocycles. The quantitative estimate of drug-likeness (QED) is 0.568. The lowest BCUT2D eigenvalue weighted by molar-refractivity contribution is -0.140. The van der Waals surface area contributed by atoms with E-state index in [0.717, 1.165) is 25.7 Å². The number of likely N-dealkylation sites (tertiary alicyclic amines) is 1. The van der Waals surface area contributed by atoms with E-state index in [1.54, 1.807) is 11.0 Å². The van der Waals surface area contributed by atoms with Gasteiger partial charge in [-0.3, -0.25) is 19.3 Å². The highest BCUT2D eigenvalue weighted by atomic mass is 16.4. The van der Waals surface area contributed by atoms with Gasteiger partial charge in [0.2, 0.25) is 11.8 Å². The van der Waals surface area contributed by atoms with Crippen LogP contribution in [0.15, 0.2) is 48.8 Å². The number of piperidine rings is 1. The molecule has 0 spiro atoms. The van der Waals surface area contributed by atoms with E-state index in [1.807, 2.05) is 18.2 Å². The summed E-state index contributed by atoms with van der Waals surface area (Å²) in [7, 11) is 0. The zero-order valence-electron chi connectivity index (χ0n) is 19.2. The van der Waals surface area contributed by atoms with Crippen molar-refractivity contribution in [1.29, 1.82) is 0 Å². The van der Waals surface area contributed by atoms with E-state index in [4.69, 9.17) is 0 Å². The van der Waals surface area contributed by atoms with Crippen molar-refractivity contribution in [1.82, 2.24) is 25.0 Å². The van der Waals surface area contributed by atoms with Crippen molar-refractivity contribution in [2.45, 2.75) is 62.7 Å². The first-order chi connectivity index (χ1) is 17.0. The molecular weight excluding hydrogens is 446 g/mol. The van der Waals surface area contributed by atoms with Crippen molar-refractivity contribution in [2.75, 3.05) is 0 Å². The lowest BCUT2D eigenvalue weighted by atomic mass is 9.97. The van der Waals surface area contributed by atoms with Crippen LogP contribution in [0.1, 0.15) is 54.1 Å². The Kier molecular flexibility index (Phi) is 5.27. The van der Waals surface area contributed by atoms with Gasteiger partial charge in [0.25, 0.3) is 0 Å². The number of aromatic carboxylic acids is 1. The second-order valence-electron chi connectivity index (χ2n) is 9.95. The SMILES string of the molecule is O=C(O)c1nn(CC(=O)N2[C@@H]3C[C@@H]3C[C@H]2C(=O)N[C@H]2CC[C@H](c3ccccc3)C2)c2cnccc12. The summed E-state index contributed by atoms with van der Waals surface area (Å²) >= 11 is 0. The van der Waals surface area contributed by atoms with Gasteiger partial charge in [-0.15, -0.1) is 0 Å². The normalized spacial score (nSPS) is 27.1. The molecule has 3 heterocycles. The highest BCUT2D eigenvalue weighted by molar-refractivity contribution is 6.01. The first-order valence-electron chi connectivity index (χ1n) is 12.2. The molecule has 3 aliphatic rings. The van der Waals surface area contributed by atoms with Crippen LogP contribution >= 0.6 is 0 Å². The number of carboxylic acid groups (broad SMARTS) is 1. The second-order valence-corrected chi connectivity index (χ2v) is 9.95. The van der Waals surface area contributed by atoms with E-state index >= 15 is 0 Å². The van der Waals surface area contributed by atoms with Crippen molar-refractivity contribution in [3.63, 3.8) is 0 Å². The van der Waals surface area contributed by atoms with Crippen LogP contribution in [0.5, 0.6) is 0 Å². The summed E-state index contributed by atoms with van der Waals surface area (Å²) in [6, 6.07) is 11.7. The first-order valence-corrected chi connectivity index (χ1v) is 12.2. The Hall–Kier alpha value is -3.75. The zero-order chi connectivity index (χ0) is 24.1. The monoisotopic (exact) mass is 473 g/mol. The third-order valence-corrected chi connectivity index (χ3v) is 7.79. The molecule has 2 saturated carbocycles. The standard InChI is InChI=1S/C26H27N5O4/c32-23(14-30-22-13-27-9-8-19(22)24(29-30)26(34)35)31-20-11-17(20)12-21(31)25(33)28-18-7-6-16(10-18)15-4-2-1-3-5-15/h1-5,8-9,13,16-18,20-21H,6-7,10-12,14H2,(H,28,33)(H,34,35)/t16-,17+,18-,20+,21-/m0/s1. The van der Waals surface area contributed by atoms with Gasteiger partial charge in [0.1, 0.15) is 12.6 Å². The van der Waals surface area contributed by atoms with Crippen LogP contribution in [0.3, 0.4) is 0 Å². The van der Waals surface area contributed by atoms with Crippen molar-refractivity contribution in [3.05, 3.63) is 60.0 Å². The van der Waals surface area contributed by atoms with Gasteiger partial charge >= 0.3 is 5.97 Å². The smallest absolute Gasteiger partial charge is 0.357 e. The zero-order valence-corrected chi connectivity index (χ0v) is 19.2. The number of amides is 2. The maximum atomic E-state index is 13.4. The van der Waals surface area contributed by atoms with Crippen LogP contribution in [0.25, 0.3) is 10.9 Å². The number of nitrogens with one attached hydrogen (secondary N) is 1. The molecule has 1 aromatic carbocycles. The molecule has 3 aromatic rings. The number of carbonyl (C=O) groups is 3. The number of hydrogen-bond acceptors (Lipinski definition) is 5. The van der Waals surface area contributed by atoms with Gasteiger partial charge in [-0.1, -0.05) is 30.3 Å². The van der Waals surface area contributed by atoms with Crippen LogP contribution in [0.2, 0.25) is 0 Å². The number of rotatable bonds is 6. The number of fused-ring (bicyclic) bond motifs is 2. The first kappa shape index (κ1) is 21.8. The molecule has 0 unspecified atom stereocenters. The third-order valence-electron chi connectivity index (χ3n) is 7.79. The lowest BCUT2D eigenvalue weighted by Crippen LogP contribution is -2.50. The maximum Gasteiger partial charge on any atom is 0.357 e. The minimum Gasteiger partial charge on any atom is -0.476 e. The van der Waals surface area contributed by atoms with Gasteiger partial charge in [-0.2, -0.15) is 5.10 Å². The highest BCUT2D eigenvalue weighted by Crippen LogP contribution is 2.48. The van der Waals surface area contributed by atoms with E-state index in [-0.39, 0.29) is 36.1 Å². The van der Waals surface area contributed by atoms with Crippen LogP contribution in [-0.2, 0) is 16.1 Å². The van der Waals surface area contributed by atoms with Crippen molar-refractivity contribution < 1.29 is 19.5 Å². The largest absolute Gasteiger partial charge is 0.476 e. The Morgan fingerprint density at radius 2 is 1.89 bits per heavy atom. The molecule has 2 aliphatic carbocycles. The molecule has 1 aliphatic heterocycles. The summed E-state index contributed by atoms with van der Waals surface area (Å²) in [6.07, 6.45) is 7.50. The van der Waals surface area contributed by atoms with E-state index in [9.17, 15) is 19.5 Å². The highest BCUT2D eigenvalue weighted by Gasteiger charge is 2.56.